The van der Waals surface area contributed by atoms with E-state index in [9.17, 15) is 5.21 Å². The van der Waals surface area contributed by atoms with Gasteiger partial charge in [0.1, 0.15) is 6.54 Å². The molecule has 0 N–H and O–H groups in total. The number of unbranched alkanes of at least 4 members (excludes halogenated alkanes) is 5. The number of hydrogen-bond donors (Lipinski definition) is 0. The normalized spacial score (nSPS) is 11.8. The Labute approximate surface area is 134 Å². The van der Waals surface area contributed by atoms with Crippen LogP contribution in [0.25, 0.3) is 0 Å². The van der Waals surface area contributed by atoms with Gasteiger partial charge in [0.15, 0.2) is 0 Å². The fourth-order valence-corrected chi connectivity index (χ4v) is 2.39. The Kier molecular flexibility index (Phi) is 9.69. The minimum Gasteiger partial charge on any atom is -0.595 e. The molecule has 0 atom stereocenters. The van der Waals surface area contributed by atoms with E-state index in [1.165, 1.54) is 25.5 Å². The van der Waals surface area contributed by atoms with E-state index in [2.05, 4.69) is 37.9 Å². The van der Waals surface area contributed by atoms with Gasteiger partial charge in [-0.25, -0.2) is 0 Å². The van der Waals surface area contributed by atoms with Gasteiger partial charge in [-0.15, -0.1) is 5.10 Å². The average Bonchev–Trinajstić information content (AvgIpc) is 2.93. The van der Waals surface area contributed by atoms with Crippen LogP contribution in [0.1, 0.15) is 44.2 Å². The van der Waals surface area contributed by atoms with Gasteiger partial charge in [0.05, 0.1) is 5.69 Å². The SMILES string of the molecule is C=C[N+]([O-])=NCCCCCCCCn1cc(CCBr)nn1. The van der Waals surface area contributed by atoms with Gasteiger partial charge in [-0.05, 0) is 24.5 Å². The van der Waals surface area contributed by atoms with Gasteiger partial charge in [0.25, 0.3) is 0 Å². The maximum Gasteiger partial charge on any atom is 0.202 e. The van der Waals surface area contributed by atoms with Crippen LogP contribution in [0, 0.1) is 5.21 Å². The molecule has 0 amide bonds. The highest BCUT2D eigenvalue weighted by molar-refractivity contribution is 9.09. The molecule has 6 nitrogen and oxygen atoms in total. The molecule has 21 heavy (non-hydrogen) atoms. The fraction of sp³-hybridized carbons (Fsp3) is 0.714. The first kappa shape index (κ1) is 17.8. The molecule has 0 radical (unpaired) electrons. The molecule has 0 spiro atoms. The van der Waals surface area contributed by atoms with Crippen molar-refractivity contribution >= 4 is 15.9 Å². The number of hydroxylamine groups is 1. The minimum atomic E-state index is 0.530. The van der Waals surface area contributed by atoms with Crippen LogP contribution in [0.3, 0.4) is 0 Å². The van der Waals surface area contributed by atoms with Gasteiger partial charge in [-0.1, -0.05) is 51.7 Å². The molecule has 1 aromatic rings. The van der Waals surface area contributed by atoms with Crippen molar-refractivity contribution in [1.82, 2.24) is 15.0 Å². The number of alkyl halides is 1. The van der Waals surface area contributed by atoms with Gasteiger partial charge in [0, 0.05) is 24.5 Å². The predicted molar refractivity (Wildman–Crippen MR) is 86.3 cm³/mol. The van der Waals surface area contributed by atoms with Gasteiger partial charge in [-0.3, -0.25) is 4.68 Å². The van der Waals surface area contributed by atoms with Crippen molar-refractivity contribution < 1.29 is 4.86 Å². The molecule has 0 saturated heterocycles. The second-order valence-corrected chi connectivity index (χ2v) is 5.68. The fourth-order valence-electron chi connectivity index (χ4n) is 1.98. The highest BCUT2D eigenvalue weighted by Crippen LogP contribution is 2.07. The Balaban J connectivity index is 1.95. The maximum absolute atomic E-state index is 10.8. The van der Waals surface area contributed by atoms with Gasteiger partial charge in [-0.2, -0.15) is 0 Å². The van der Waals surface area contributed by atoms with Crippen molar-refractivity contribution in [3.05, 3.63) is 29.9 Å². The van der Waals surface area contributed by atoms with Crippen molar-refractivity contribution in [2.75, 3.05) is 11.9 Å². The summed E-state index contributed by atoms with van der Waals surface area (Å²) in [6.45, 7) is 4.88. The quantitative estimate of drug-likeness (QED) is 0.188. The summed E-state index contributed by atoms with van der Waals surface area (Å²) in [6.07, 6.45) is 10.9. The molecular formula is C14H24BrN5O. The summed E-state index contributed by atoms with van der Waals surface area (Å²) in [5, 5.41) is 23.7. The third-order valence-electron chi connectivity index (χ3n) is 3.13. The molecular weight excluding hydrogens is 334 g/mol. The van der Waals surface area contributed by atoms with E-state index in [-0.39, 0.29) is 0 Å². The molecule has 1 rings (SSSR count). The number of aryl methyl sites for hydroxylation is 2. The molecule has 0 unspecified atom stereocenters. The van der Waals surface area contributed by atoms with E-state index in [0.29, 0.717) is 11.4 Å². The Hall–Kier alpha value is -1.24. The second kappa shape index (κ2) is 11.4. The average molecular weight is 358 g/mol. The molecule has 0 aliphatic carbocycles. The molecule has 0 saturated carbocycles. The van der Waals surface area contributed by atoms with Crippen molar-refractivity contribution in [2.45, 2.75) is 51.5 Å². The van der Waals surface area contributed by atoms with Crippen LogP contribution in [0.4, 0.5) is 0 Å². The lowest BCUT2D eigenvalue weighted by atomic mass is 10.1. The maximum atomic E-state index is 10.8. The lowest BCUT2D eigenvalue weighted by Crippen LogP contribution is -1.98. The highest BCUT2D eigenvalue weighted by atomic mass is 79.9. The van der Waals surface area contributed by atoms with Crippen molar-refractivity contribution in [2.24, 2.45) is 5.11 Å². The smallest absolute Gasteiger partial charge is 0.202 e. The molecule has 0 aromatic carbocycles. The Morgan fingerprint density at radius 1 is 1.29 bits per heavy atom. The molecule has 7 heteroatoms. The third kappa shape index (κ3) is 8.60. The van der Waals surface area contributed by atoms with Crippen LogP contribution in [-0.2, 0) is 13.0 Å². The molecule has 0 aliphatic heterocycles. The first-order valence-electron chi connectivity index (χ1n) is 7.47. The van der Waals surface area contributed by atoms with Crippen LogP contribution < -0.4 is 0 Å². The van der Waals surface area contributed by atoms with Crippen LogP contribution in [0.2, 0.25) is 0 Å². The number of azo groups is 1. The van der Waals surface area contributed by atoms with Crippen molar-refractivity contribution in [3.8, 4) is 0 Å². The van der Waals surface area contributed by atoms with E-state index in [1.54, 1.807) is 0 Å². The predicted octanol–water partition coefficient (Wildman–Crippen LogP) is 3.66. The minimum absolute atomic E-state index is 0.530. The van der Waals surface area contributed by atoms with Crippen LogP contribution in [0.15, 0.2) is 24.1 Å². The first-order chi connectivity index (χ1) is 10.3. The number of aromatic nitrogens is 3. The zero-order valence-electron chi connectivity index (χ0n) is 12.5. The van der Waals surface area contributed by atoms with E-state index < -0.39 is 0 Å². The second-order valence-electron chi connectivity index (χ2n) is 4.88. The summed E-state index contributed by atoms with van der Waals surface area (Å²) in [5.41, 5.74) is 1.04. The summed E-state index contributed by atoms with van der Waals surface area (Å²) < 4.78 is 1.93. The van der Waals surface area contributed by atoms with Crippen LogP contribution in [-0.4, -0.2) is 31.7 Å². The largest absolute Gasteiger partial charge is 0.595 e. The number of halogens is 1. The summed E-state index contributed by atoms with van der Waals surface area (Å²) in [4.78, 5) is 0.530. The lowest BCUT2D eigenvalue weighted by Gasteiger charge is -2.01. The standard InChI is InChI=1S/C14H24BrN5O/c1-2-20(21)16-11-7-5-3-4-6-8-12-19-13-14(9-10-15)17-18-19/h2,13H,1,3-12H2. The lowest BCUT2D eigenvalue weighted by molar-refractivity contribution is -0.458. The van der Waals surface area contributed by atoms with Crippen LogP contribution in [0.5, 0.6) is 0 Å². The molecule has 1 aromatic heterocycles. The molecule has 0 bridgehead atoms. The summed E-state index contributed by atoms with van der Waals surface area (Å²) >= 11 is 3.40. The van der Waals surface area contributed by atoms with E-state index in [1.807, 2.05) is 10.9 Å². The van der Waals surface area contributed by atoms with Crippen molar-refractivity contribution in [3.63, 3.8) is 0 Å². The zero-order valence-corrected chi connectivity index (χ0v) is 14.0. The molecule has 1 heterocycles. The molecule has 118 valence electrons. The van der Waals surface area contributed by atoms with E-state index in [4.69, 9.17) is 0 Å². The zero-order chi connectivity index (χ0) is 15.3. The van der Waals surface area contributed by atoms with E-state index in [0.717, 1.165) is 43.3 Å². The van der Waals surface area contributed by atoms with E-state index >= 15 is 0 Å². The molecule has 0 fully saturated rings. The highest BCUT2D eigenvalue weighted by Gasteiger charge is 1.99. The van der Waals surface area contributed by atoms with Crippen LogP contribution >= 0.6 is 15.9 Å². The Morgan fingerprint density at radius 3 is 2.71 bits per heavy atom. The Morgan fingerprint density at radius 2 is 2.00 bits per heavy atom. The Bertz CT molecular complexity index is 433. The summed E-state index contributed by atoms with van der Waals surface area (Å²) in [6, 6.07) is 0. The molecule has 0 aliphatic rings. The monoisotopic (exact) mass is 357 g/mol. The number of nitrogens with zero attached hydrogens (tertiary/aromatic N) is 5. The number of rotatable bonds is 12. The summed E-state index contributed by atoms with van der Waals surface area (Å²) in [5.74, 6) is 0. The first-order valence-corrected chi connectivity index (χ1v) is 8.59. The van der Waals surface area contributed by atoms with Gasteiger partial charge >= 0.3 is 0 Å². The summed E-state index contributed by atoms with van der Waals surface area (Å²) in [7, 11) is 0. The van der Waals surface area contributed by atoms with Crippen molar-refractivity contribution in [1.29, 1.82) is 0 Å². The van der Waals surface area contributed by atoms with Gasteiger partial charge < -0.3 is 5.21 Å². The topological polar surface area (TPSA) is 69.1 Å². The number of hydrogen-bond acceptors (Lipinski definition) is 4. The third-order valence-corrected chi connectivity index (χ3v) is 3.52. The van der Waals surface area contributed by atoms with Gasteiger partial charge in [0.2, 0.25) is 6.20 Å².